The lowest BCUT2D eigenvalue weighted by molar-refractivity contribution is 0.0989. The van der Waals surface area contributed by atoms with Crippen molar-refractivity contribution in [1.82, 2.24) is 0 Å². The second-order valence-electron chi connectivity index (χ2n) is 4.52. The maximum Gasteiger partial charge on any atom is 0.259 e. The minimum Gasteiger partial charge on any atom is -0.303 e. The second kappa shape index (κ2) is 5.07. The summed E-state index contributed by atoms with van der Waals surface area (Å²) in [6, 6.07) is 15.1. The van der Waals surface area contributed by atoms with Gasteiger partial charge in [-0.25, -0.2) is 0 Å². The molecular formula is C18H13NO. The number of rotatable bonds is 2. The van der Waals surface area contributed by atoms with Gasteiger partial charge >= 0.3 is 0 Å². The van der Waals surface area contributed by atoms with E-state index in [0.29, 0.717) is 12.1 Å². The molecule has 0 bridgehead atoms. The fourth-order valence-corrected chi connectivity index (χ4v) is 2.29. The van der Waals surface area contributed by atoms with Crippen LogP contribution in [0.3, 0.4) is 0 Å². The number of nitrogens with zero attached hydrogens (tertiary/aromatic N) is 1. The predicted molar refractivity (Wildman–Crippen MR) is 80.7 cm³/mol. The lowest BCUT2D eigenvalue weighted by Crippen LogP contribution is -2.32. The van der Waals surface area contributed by atoms with Gasteiger partial charge in [0, 0.05) is 17.7 Å². The zero-order valence-corrected chi connectivity index (χ0v) is 11.0. The molecule has 0 atom stereocenters. The SMILES string of the molecule is C=CCN1C(=O)c2ccccc2C#Cc2ccccc21. The monoisotopic (exact) mass is 259 g/mol. The van der Waals surface area contributed by atoms with Crippen molar-refractivity contribution in [2.75, 3.05) is 11.4 Å². The van der Waals surface area contributed by atoms with Gasteiger partial charge in [-0.05, 0) is 24.3 Å². The maximum atomic E-state index is 12.8. The van der Waals surface area contributed by atoms with Gasteiger partial charge in [0.15, 0.2) is 0 Å². The van der Waals surface area contributed by atoms with Crippen LogP contribution in [0.2, 0.25) is 0 Å². The third-order valence-corrected chi connectivity index (χ3v) is 3.24. The van der Waals surface area contributed by atoms with Crippen molar-refractivity contribution in [3.8, 4) is 11.8 Å². The van der Waals surface area contributed by atoms with E-state index in [4.69, 9.17) is 0 Å². The number of fused-ring (bicyclic) bond motifs is 2. The van der Waals surface area contributed by atoms with Crippen LogP contribution in [0.4, 0.5) is 5.69 Å². The van der Waals surface area contributed by atoms with Crippen LogP contribution in [-0.2, 0) is 0 Å². The molecule has 1 aliphatic heterocycles. The molecule has 0 aromatic heterocycles. The molecule has 2 nitrogen and oxygen atoms in total. The summed E-state index contributed by atoms with van der Waals surface area (Å²) in [6.07, 6.45) is 1.73. The normalized spacial score (nSPS) is 12.4. The third-order valence-electron chi connectivity index (χ3n) is 3.24. The molecule has 0 saturated heterocycles. The highest BCUT2D eigenvalue weighted by Crippen LogP contribution is 2.24. The Hall–Kier alpha value is -2.79. The maximum absolute atomic E-state index is 12.8. The molecule has 20 heavy (non-hydrogen) atoms. The van der Waals surface area contributed by atoms with Crippen molar-refractivity contribution in [3.05, 3.63) is 77.9 Å². The van der Waals surface area contributed by atoms with E-state index in [0.717, 1.165) is 16.8 Å². The summed E-state index contributed by atoms with van der Waals surface area (Å²) in [5, 5.41) is 0. The first-order valence-corrected chi connectivity index (χ1v) is 6.44. The summed E-state index contributed by atoms with van der Waals surface area (Å²) < 4.78 is 0. The number of carbonyl (C=O) groups excluding carboxylic acids is 1. The predicted octanol–water partition coefficient (Wildman–Crippen LogP) is 3.23. The lowest BCUT2D eigenvalue weighted by atomic mass is 10.0. The molecule has 1 amide bonds. The molecule has 96 valence electrons. The Bertz CT molecular complexity index is 749. The third kappa shape index (κ3) is 2.00. The number of hydrogen-bond acceptors (Lipinski definition) is 1. The minimum atomic E-state index is -0.0399. The van der Waals surface area contributed by atoms with E-state index in [1.807, 2.05) is 48.5 Å². The van der Waals surface area contributed by atoms with Crippen molar-refractivity contribution in [2.45, 2.75) is 0 Å². The molecule has 0 radical (unpaired) electrons. The van der Waals surface area contributed by atoms with Gasteiger partial charge in [0.25, 0.3) is 5.91 Å². The highest BCUT2D eigenvalue weighted by atomic mass is 16.2. The summed E-state index contributed by atoms with van der Waals surface area (Å²) in [5.74, 6) is 6.20. The molecule has 2 aromatic rings. The highest BCUT2D eigenvalue weighted by molar-refractivity contribution is 6.09. The summed E-state index contributed by atoms with van der Waals surface area (Å²) >= 11 is 0. The van der Waals surface area contributed by atoms with Crippen LogP contribution in [0.25, 0.3) is 0 Å². The van der Waals surface area contributed by atoms with Gasteiger partial charge in [0.1, 0.15) is 0 Å². The molecule has 0 aliphatic carbocycles. The van der Waals surface area contributed by atoms with Gasteiger partial charge < -0.3 is 4.90 Å². The van der Waals surface area contributed by atoms with Gasteiger partial charge in [-0.15, -0.1) is 6.58 Å². The van der Waals surface area contributed by atoms with Gasteiger partial charge in [0.05, 0.1) is 11.3 Å². The quantitative estimate of drug-likeness (QED) is 0.599. The number of hydrogen-bond donors (Lipinski definition) is 0. The standard InChI is InChI=1S/C18H13NO/c1-2-13-19-17-10-6-4-8-15(17)12-11-14-7-3-5-9-16(14)18(19)20/h2-10H,1,13H2. The van der Waals surface area contributed by atoms with Gasteiger partial charge in [-0.1, -0.05) is 42.2 Å². The average molecular weight is 259 g/mol. The van der Waals surface area contributed by atoms with Crippen molar-refractivity contribution in [3.63, 3.8) is 0 Å². The number of benzene rings is 2. The fourth-order valence-electron chi connectivity index (χ4n) is 2.29. The number of para-hydroxylation sites is 1. The first-order chi connectivity index (χ1) is 9.81. The molecule has 2 aromatic carbocycles. The van der Waals surface area contributed by atoms with E-state index >= 15 is 0 Å². The van der Waals surface area contributed by atoms with E-state index in [9.17, 15) is 4.79 Å². The largest absolute Gasteiger partial charge is 0.303 e. The molecular weight excluding hydrogens is 246 g/mol. The number of anilines is 1. The summed E-state index contributed by atoms with van der Waals surface area (Å²) in [7, 11) is 0. The molecule has 0 N–H and O–H groups in total. The van der Waals surface area contributed by atoms with Gasteiger partial charge in [-0.3, -0.25) is 4.79 Å². The molecule has 1 aliphatic rings. The molecule has 0 saturated carbocycles. The van der Waals surface area contributed by atoms with Crippen molar-refractivity contribution in [1.29, 1.82) is 0 Å². The molecule has 0 unspecified atom stereocenters. The zero-order valence-electron chi connectivity index (χ0n) is 11.0. The summed E-state index contributed by atoms with van der Waals surface area (Å²) in [6.45, 7) is 4.21. The Morgan fingerprint density at radius 2 is 1.65 bits per heavy atom. The van der Waals surface area contributed by atoms with Crippen LogP contribution in [0.5, 0.6) is 0 Å². The van der Waals surface area contributed by atoms with Crippen molar-refractivity contribution < 1.29 is 4.79 Å². The number of amides is 1. The van der Waals surface area contributed by atoms with Crippen LogP contribution in [0, 0.1) is 11.8 Å². The molecule has 0 fully saturated rings. The van der Waals surface area contributed by atoms with Crippen molar-refractivity contribution >= 4 is 11.6 Å². The van der Waals surface area contributed by atoms with Crippen molar-refractivity contribution in [2.24, 2.45) is 0 Å². The first-order valence-electron chi connectivity index (χ1n) is 6.44. The van der Waals surface area contributed by atoms with E-state index in [-0.39, 0.29) is 5.91 Å². The Morgan fingerprint density at radius 1 is 1.00 bits per heavy atom. The Morgan fingerprint density at radius 3 is 2.45 bits per heavy atom. The van der Waals surface area contributed by atoms with Crippen LogP contribution < -0.4 is 4.90 Å². The van der Waals surface area contributed by atoms with E-state index in [2.05, 4.69) is 18.4 Å². The smallest absolute Gasteiger partial charge is 0.259 e. The van der Waals surface area contributed by atoms with E-state index in [1.54, 1.807) is 11.0 Å². The Kier molecular flexibility index (Phi) is 3.10. The van der Waals surface area contributed by atoms with Crippen LogP contribution in [-0.4, -0.2) is 12.5 Å². The fraction of sp³-hybridized carbons (Fsp3) is 0.0556. The summed E-state index contributed by atoms with van der Waals surface area (Å²) in [5.41, 5.74) is 3.09. The van der Waals surface area contributed by atoms with Gasteiger partial charge in [-0.2, -0.15) is 0 Å². The number of carbonyl (C=O) groups is 1. The zero-order chi connectivity index (χ0) is 13.9. The average Bonchev–Trinajstić information content (AvgIpc) is 2.49. The van der Waals surface area contributed by atoms with Crippen LogP contribution in [0.15, 0.2) is 61.2 Å². The van der Waals surface area contributed by atoms with Crippen LogP contribution in [0.1, 0.15) is 21.5 Å². The Labute approximate surface area is 118 Å². The topological polar surface area (TPSA) is 20.3 Å². The summed E-state index contributed by atoms with van der Waals surface area (Å²) in [4.78, 5) is 14.5. The van der Waals surface area contributed by atoms with Gasteiger partial charge in [0.2, 0.25) is 0 Å². The Balaban J connectivity index is 2.27. The molecule has 2 heteroatoms. The molecule has 1 heterocycles. The second-order valence-corrected chi connectivity index (χ2v) is 4.52. The van der Waals surface area contributed by atoms with E-state index < -0.39 is 0 Å². The van der Waals surface area contributed by atoms with Crippen LogP contribution >= 0.6 is 0 Å². The molecule has 3 rings (SSSR count). The molecule has 0 spiro atoms. The minimum absolute atomic E-state index is 0.0399. The lowest BCUT2D eigenvalue weighted by Gasteiger charge is -2.24. The van der Waals surface area contributed by atoms with E-state index in [1.165, 1.54) is 0 Å². The first kappa shape index (κ1) is 12.3. The highest BCUT2D eigenvalue weighted by Gasteiger charge is 2.21.